The SMILES string of the molecule is O=C(NC1CC1)c1ccc(CSc2nc(N3CCCC3)cc(C(F)(F)F)n2)cc1. The number of alkyl halides is 3. The first-order valence-electron chi connectivity index (χ1n) is 9.62. The van der Waals surface area contributed by atoms with Gasteiger partial charge < -0.3 is 10.2 Å². The molecule has 0 spiro atoms. The van der Waals surface area contributed by atoms with E-state index in [1.165, 1.54) is 0 Å². The zero-order valence-corrected chi connectivity index (χ0v) is 16.5. The number of carbonyl (C=O) groups excluding carboxylic acids is 1. The van der Waals surface area contributed by atoms with Crippen molar-refractivity contribution in [2.24, 2.45) is 0 Å². The van der Waals surface area contributed by atoms with Gasteiger partial charge >= 0.3 is 6.18 Å². The molecule has 1 saturated carbocycles. The van der Waals surface area contributed by atoms with Gasteiger partial charge in [0.1, 0.15) is 5.82 Å². The molecule has 0 unspecified atom stereocenters. The van der Waals surface area contributed by atoms with Crippen LogP contribution in [0.5, 0.6) is 0 Å². The van der Waals surface area contributed by atoms with Crippen molar-refractivity contribution in [2.45, 2.75) is 48.8 Å². The van der Waals surface area contributed by atoms with Crippen LogP contribution in [0.3, 0.4) is 0 Å². The topological polar surface area (TPSA) is 58.1 Å². The predicted octanol–water partition coefficient (Wildman–Crippen LogP) is 4.28. The van der Waals surface area contributed by atoms with Crippen molar-refractivity contribution in [1.82, 2.24) is 15.3 Å². The van der Waals surface area contributed by atoms with Gasteiger partial charge in [-0.15, -0.1) is 0 Å². The lowest BCUT2D eigenvalue weighted by atomic mass is 10.1. The maximum absolute atomic E-state index is 13.3. The molecule has 0 radical (unpaired) electrons. The quantitative estimate of drug-likeness (QED) is 0.556. The number of carbonyl (C=O) groups is 1. The number of aromatic nitrogens is 2. The van der Waals surface area contributed by atoms with Crippen LogP contribution in [-0.4, -0.2) is 35.0 Å². The van der Waals surface area contributed by atoms with Crippen LogP contribution in [0.15, 0.2) is 35.5 Å². The number of anilines is 1. The van der Waals surface area contributed by atoms with E-state index < -0.39 is 11.9 Å². The first-order chi connectivity index (χ1) is 13.9. The third kappa shape index (κ3) is 5.20. The number of amides is 1. The van der Waals surface area contributed by atoms with Crippen LogP contribution < -0.4 is 10.2 Å². The summed E-state index contributed by atoms with van der Waals surface area (Å²) in [6.07, 6.45) is -0.556. The van der Waals surface area contributed by atoms with Crippen LogP contribution >= 0.6 is 11.8 Å². The number of thioether (sulfide) groups is 1. The molecule has 9 heteroatoms. The molecule has 2 fully saturated rings. The van der Waals surface area contributed by atoms with Gasteiger partial charge in [-0.2, -0.15) is 13.2 Å². The zero-order chi connectivity index (χ0) is 20.4. The number of halogens is 3. The smallest absolute Gasteiger partial charge is 0.356 e. The standard InChI is InChI=1S/C20H21F3N4OS/c21-20(22,23)16-11-17(27-9-1-2-10-27)26-19(25-16)29-12-13-3-5-14(6-4-13)18(28)24-15-7-8-15/h3-6,11,15H,1-2,7-10,12H2,(H,24,28). The van der Waals surface area contributed by atoms with Crippen LogP contribution in [0.1, 0.15) is 47.3 Å². The summed E-state index contributed by atoms with van der Waals surface area (Å²) in [5.74, 6) is 0.660. The Morgan fingerprint density at radius 1 is 1.14 bits per heavy atom. The highest BCUT2D eigenvalue weighted by Crippen LogP contribution is 2.33. The normalized spacial score (nSPS) is 16.9. The van der Waals surface area contributed by atoms with Gasteiger partial charge in [0.2, 0.25) is 0 Å². The highest BCUT2D eigenvalue weighted by atomic mass is 32.2. The average Bonchev–Trinajstić information content (AvgIpc) is 3.34. The van der Waals surface area contributed by atoms with Gasteiger partial charge in [0.15, 0.2) is 10.9 Å². The van der Waals surface area contributed by atoms with E-state index in [1.54, 1.807) is 12.1 Å². The van der Waals surface area contributed by atoms with Crippen molar-refractivity contribution in [3.63, 3.8) is 0 Å². The molecule has 2 aliphatic rings. The van der Waals surface area contributed by atoms with Gasteiger partial charge in [-0.1, -0.05) is 23.9 Å². The lowest BCUT2D eigenvalue weighted by molar-refractivity contribution is -0.141. The van der Waals surface area contributed by atoms with E-state index in [2.05, 4.69) is 15.3 Å². The molecule has 1 amide bonds. The minimum atomic E-state index is -4.51. The number of nitrogens with zero attached hydrogens (tertiary/aromatic N) is 3. The Bertz CT molecular complexity index is 878. The van der Waals surface area contributed by atoms with E-state index in [9.17, 15) is 18.0 Å². The van der Waals surface area contributed by atoms with E-state index in [0.29, 0.717) is 36.3 Å². The van der Waals surface area contributed by atoms with Crippen molar-refractivity contribution in [3.8, 4) is 0 Å². The molecule has 4 rings (SSSR count). The van der Waals surface area contributed by atoms with Crippen molar-refractivity contribution in [2.75, 3.05) is 18.0 Å². The van der Waals surface area contributed by atoms with Gasteiger partial charge in [-0.25, -0.2) is 9.97 Å². The number of rotatable bonds is 6. The molecule has 1 aliphatic heterocycles. The van der Waals surface area contributed by atoms with Crippen molar-refractivity contribution in [3.05, 3.63) is 47.2 Å². The van der Waals surface area contributed by atoms with E-state index in [-0.39, 0.29) is 11.1 Å². The molecule has 2 heterocycles. The third-order valence-corrected chi connectivity index (χ3v) is 5.83. The van der Waals surface area contributed by atoms with Crippen molar-refractivity contribution < 1.29 is 18.0 Å². The summed E-state index contributed by atoms with van der Waals surface area (Å²) in [6.45, 7) is 1.42. The third-order valence-electron chi connectivity index (χ3n) is 4.91. The Kier molecular flexibility index (Phi) is 5.67. The summed E-state index contributed by atoms with van der Waals surface area (Å²) in [5.41, 5.74) is 0.558. The van der Waals surface area contributed by atoms with Crippen LogP contribution in [0.4, 0.5) is 19.0 Å². The number of nitrogens with one attached hydrogen (secondary N) is 1. The summed E-state index contributed by atoms with van der Waals surface area (Å²) >= 11 is 1.16. The van der Waals surface area contributed by atoms with Gasteiger partial charge in [-0.05, 0) is 43.4 Å². The van der Waals surface area contributed by atoms with E-state index >= 15 is 0 Å². The number of benzene rings is 1. The number of hydrogen-bond donors (Lipinski definition) is 1. The molecule has 154 valence electrons. The molecular weight excluding hydrogens is 401 g/mol. The largest absolute Gasteiger partial charge is 0.433 e. The Morgan fingerprint density at radius 2 is 1.83 bits per heavy atom. The Hall–Kier alpha value is -2.29. The summed E-state index contributed by atoms with van der Waals surface area (Å²) in [5, 5.41) is 3.03. The molecule has 29 heavy (non-hydrogen) atoms. The van der Waals surface area contributed by atoms with Crippen LogP contribution in [0.2, 0.25) is 0 Å². The molecule has 1 aromatic carbocycles. The Labute approximate surface area is 171 Å². The minimum Gasteiger partial charge on any atom is -0.356 e. The molecule has 1 saturated heterocycles. The summed E-state index contributed by atoms with van der Waals surface area (Å²) in [7, 11) is 0. The molecule has 1 aromatic heterocycles. The van der Waals surface area contributed by atoms with Gasteiger partial charge in [0.25, 0.3) is 5.91 Å². The summed E-state index contributed by atoms with van der Waals surface area (Å²) in [6, 6.07) is 8.41. The fraction of sp³-hybridized carbons (Fsp3) is 0.450. The fourth-order valence-electron chi connectivity index (χ4n) is 3.13. The minimum absolute atomic E-state index is 0.0943. The zero-order valence-electron chi connectivity index (χ0n) is 15.7. The lowest BCUT2D eigenvalue weighted by Crippen LogP contribution is -2.25. The first kappa shape index (κ1) is 20.0. The van der Waals surface area contributed by atoms with Gasteiger partial charge in [0, 0.05) is 36.5 Å². The second kappa shape index (κ2) is 8.22. The molecule has 1 N–H and O–H groups in total. The first-order valence-corrected chi connectivity index (χ1v) is 10.6. The highest BCUT2D eigenvalue weighted by molar-refractivity contribution is 7.98. The van der Waals surface area contributed by atoms with Crippen LogP contribution in [-0.2, 0) is 11.9 Å². The predicted molar refractivity (Wildman–Crippen MR) is 105 cm³/mol. The van der Waals surface area contributed by atoms with E-state index in [1.807, 2.05) is 17.0 Å². The highest BCUT2D eigenvalue weighted by Gasteiger charge is 2.34. The Balaban J connectivity index is 1.45. The molecule has 0 atom stereocenters. The average molecular weight is 422 g/mol. The van der Waals surface area contributed by atoms with Crippen molar-refractivity contribution >= 4 is 23.5 Å². The monoisotopic (exact) mass is 422 g/mol. The molecule has 0 bridgehead atoms. The maximum atomic E-state index is 13.3. The van der Waals surface area contributed by atoms with Crippen LogP contribution in [0.25, 0.3) is 0 Å². The van der Waals surface area contributed by atoms with Crippen molar-refractivity contribution in [1.29, 1.82) is 0 Å². The molecule has 2 aromatic rings. The lowest BCUT2D eigenvalue weighted by Gasteiger charge is -2.18. The summed E-state index contributed by atoms with van der Waals surface area (Å²) < 4.78 is 39.8. The number of hydrogen-bond acceptors (Lipinski definition) is 5. The molecule has 5 nitrogen and oxygen atoms in total. The fourth-order valence-corrected chi connectivity index (χ4v) is 3.94. The Morgan fingerprint density at radius 3 is 2.45 bits per heavy atom. The second-order valence-electron chi connectivity index (χ2n) is 7.32. The second-order valence-corrected chi connectivity index (χ2v) is 8.26. The van der Waals surface area contributed by atoms with E-state index in [0.717, 1.165) is 49.1 Å². The molecule has 1 aliphatic carbocycles. The summed E-state index contributed by atoms with van der Waals surface area (Å²) in [4.78, 5) is 22.0. The van der Waals surface area contributed by atoms with Gasteiger partial charge in [0.05, 0.1) is 0 Å². The van der Waals surface area contributed by atoms with Gasteiger partial charge in [-0.3, -0.25) is 4.79 Å². The molecular formula is C20H21F3N4OS. The van der Waals surface area contributed by atoms with Crippen LogP contribution in [0, 0.1) is 0 Å². The maximum Gasteiger partial charge on any atom is 0.433 e. The van der Waals surface area contributed by atoms with E-state index in [4.69, 9.17) is 0 Å².